The van der Waals surface area contributed by atoms with Crippen molar-refractivity contribution >= 4 is 23.6 Å². The van der Waals surface area contributed by atoms with Gasteiger partial charge in [0.2, 0.25) is 0 Å². The van der Waals surface area contributed by atoms with E-state index in [0.29, 0.717) is 30.1 Å². The number of para-hydroxylation sites is 1. The summed E-state index contributed by atoms with van der Waals surface area (Å²) >= 11 is 0. The molecule has 0 unspecified atom stereocenters. The normalized spacial score (nSPS) is 10.1. The topological polar surface area (TPSA) is 70.1 Å². The summed E-state index contributed by atoms with van der Waals surface area (Å²) in [5, 5.41) is 9.28. The number of amides is 2. The van der Waals surface area contributed by atoms with Crippen molar-refractivity contribution in [3.05, 3.63) is 54.6 Å². The van der Waals surface area contributed by atoms with Crippen LogP contribution in [-0.4, -0.2) is 30.9 Å². The third kappa shape index (κ3) is 4.25. The van der Waals surface area contributed by atoms with Crippen molar-refractivity contribution in [2.45, 2.75) is 13.3 Å². The van der Waals surface area contributed by atoms with Crippen molar-refractivity contribution in [3.63, 3.8) is 0 Å². The average Bonchev–Trinajstić information content (AvgIpc) is 2.59. The van der Waals surface area contributed by atoms with Crippen molar-refractivity contribution in [3.8, 4) is 5.75 Å². The van der Waals surface area contributed by atoms with Crippen LogP contribution in [0.4, 0.5) is 21.0 Å². The van der Waals surface area contributed by atoms with Crippen LogP contribution in [0.25, 0.3) is 0 Å². The lowest BCUT2D eigenvalue weighted by atomic mass is 10.2. The zero-order chi connectivity index (χ0) is 17.5. The molecule has 6 nitrogen and oxygen atoms in total. The molecule has 2 aromatic rings. The first-order valence-corrected chi connectivity index (χ1v) is 7.64. The number of anilines is 2. The number of carboxylic acid groups (broad SMARTS) is 1. The number of hydrogen-bond acceptors (Lipinski definition) is 3. The largest absolute Gasteiger partial charge is 0.465 e. The molecular formula is C18H20N2O4. The molecule has 0 aliphatic carbocycles. The summed E-state index contributed by atoms with van der Waals surface area (Å²) in [5.74, 6) is 0.294. The summed E-state index contributed by atoms with van der Waals surface area (Å²) in [7, 11) is 1.61. The zero-order valence-electron chi connectivity index (χ0n) is 13.7. The molecule has 0 heterocycles. The molecular weight excluding hydrogens is 308 g/mol. The molecule has 0 aromatic heterocycles. The van der Waals surface area contributed by atoms with Gasteiger partial charge in [0.05, 0.1) is 5.69 Å². The van der Waals surface area contributed by atoms with Crippen molar-refractivity contribution in [2.24, 2.45) is 0 Å². The van der Waals surface area contributed by atoms with E-state index < -0.39 is 12.2 Å². The number of benzene rings is 2. The van der Waals surface area contributed by atoms with Gasteiger partial charge in [-0.2, -0.15) is 0 Å². The van der Waals surface area contributed by atoms with Gasteiger partial charge in [0.15, 0.2) is 0 Å². The summed E-state index contributed by atoms with van der Waals surface area (Å²) < 4.78 is 5.35. The number of carbonyl (C=O) groups excluding carboxylic acids is 1. The van der Waals surface area contributed by atoms with Crippen LogP contribution >= 0.6 is 0 Å². The van der Waals surface area contributed by atoms with Crippen LogP contribution < -0.4 is 14.5 Å². The van der Waals surface area contributed by atoms with Crippen LogP contribution in [0.2, 0.25) is 0 Å². The van der Waals surface area contributed by atoms with E-state index in [4.69, 9.17) is 4.74 Å². The minimum absolute atomic E-state index is 0.294. The van der Waals surface area contributed by atoms with E-state index in [2.05, 4.69) is 0 Å². The van der Waals surface area contributed by atoms with Gasteiger partial charge in [0.1, 0.15) is 5.75 Å². The quantitative estimate of drug-likeness (QED) is 0.892. The molecule has 0 aliphatic heterocycles. The smallest absolute Gasteiger partial charge is 0.419 e. The maximum absolute atomic E-state index is 12.2. The predicted octanol–water partition coefficient (Wildman–Crippen LogP) is 4.22. The lowest BCUT2D eigenvalue weighted by molar-refractivity contribution is 0.202. The molecule has 0 atom stereocenters. The first-order chi connectivity index (χ1) is 11.5. The highest BCUT2D eigenvalue weighted by Gasteiger charge is 2.16. The van der Waals surface area contributed by atoms with Crippen LogP contribution in [0, 0.1) is 0 Å². The Morgan fingerprint density at radius 3 is 2.33 bits per heavy atom. The maximum atomic E-state index is 12.2. The molecule has 0 aliphatic rings. The molecule has 126 valence electrons. The lowest BCUT2D eigenvalue weighted by Crippen LogP contribution is -2.30. The van der Waals surface area contributed by atoms with Gasteiger partial charge < -0.3 is 9.84 Å². The van der Waals surface area contributed by atoms with E-state index in [-0.39, 0.29) is 0 Å². The molecule has 0 saturated heterocycles. The lowest BCUT2D eigenvalue weighted by Gasteiger charge is -2.20. The van der Waals surface area contributed by atoms with E-state index in [9.17, 15) is 14.7 Å². The second-order valence-electron chi connectivity index (χ2n) is 5.19. The van der Waals surface area contributed by atoms with Gasteiger partial charge in [0.25, 0.3) is 0 Å². The molecule has 0 radical (unpaired) electrons. The van der Waals surface area contributed by atoms with Gasteiger partial charge >= 0.3 is 12.2 Å². The molecule has 6 heteroatoms. The molecule has 2 rings (SSSR count). The van der Waals surface area contributed by atoms with Gasteiger partial charge in [-0.15, -0.1) is 0 Å². The Morgan fingerprint density at radius 1 is 1.04 bits per heavy atom. The fourth-order valence-electron chi connectivity index (χ4n) is 2.20. The van der Waals surface area contributed by atoms with Gasteiger partial charge in [-0.3, -0.25) is 9.80 Å². The Balaban J connectivity index is 2.14. The number of carbonyl (C=O) groups is 2. The van der Waals surface area contributed by atoms with Gasteiger partial charge in [-0.25, -0.2) is 9.59 Å². The number of ether oxygens (including phenoxy) is 1. The summed E-state index contributed by atoms with van der Waals surface area (Å²) in [4.78, 5) is 26.2. The number of hydrogen-bond donors (Lipinski definition) is 1. The zero-order valence-corrected chi connectivity index (χ0v) is 13.7. The van der Waals surface area contributed by atoms with Crippen LogP contribution in [0.3, 0.4) is 0 Å². The van der Waals surface area contributed by atoms with Crippen LogP contribution in [0.1, 0.15) is 13.3 Å². The summed E-state index contributed by atoms with van der Waals surface area (Å²) in [6.07, 6.45) is -0.898. The van der Waals surface area contributed by atoms with Crippen molar-refractivity contribution < 1.29 is 19.4 Å². The standard InChI is InChI=1S/C18H20N2O4/c1-3-12-20(17(21)22)15-10-7-11-16(13-15)24-18(23)19(2)14-8-5-4-6-9-14/h4-11,13H,3,12H2,1-2H3,(H,21,22). The summed E-state index contributed by atoms with van der Waals surface area (Å²) in [5.41, 5.74) is 1.17. The predicted molar refractivity (Wildman–Crippen MR) is 93.0 cm³/mol. The van der Waals surface area contributed by atoms with Crippen LogP contribution in [-0.2, 0) is 0 Å². The van der Waals surface area contributed by atoms with Gasteiger partial charge in [-0.05, 0) is 30.7 Å². The molecule has 2 aromatic carbocycles. The van der Waals surface area contributed by atoms with Crippen molar-refractivity contribution in [1.82, 2.24) is 0 Å². The first kappa shape index (κ1) is 17.3. The highest BCUT2D eigenvalue weighted by Crippen LogP contribution is 2.23. The third-order valence-corrected chi connectivity index (χ3v) is 3.43. The number of rotatable bonds is 5. The van der Waals surface area contributed by atoms with Crippen molar-refractivity contribution in [2.75, 3.05) is 23.4 Å². The Labute approximate surface area is 140 Å². The van der Waals surface area contributed by atoms with Gasteiger partial charge in [0, 0.05) is 25.3 Å². The Morgan fingerprint density at radius 2 is 1.71 bits per heavy atom. The molecule has 2 amide bonds. The molecule has 0 spiro atoms. The summed E-state index contributed by atoms with van der Waals surface area (Å²) in [6.45, 7) is 2.27. The Hall–Kier alpha value is -3.02. The van der Waals surface area contributed by atoms with Crippen molar-refractivity contribution in [1.29, 1.82) is 0 Å². The van der Waals surface area contributed by atoms with E-state index >= 15 is 0 Å². The van der Waals surface area contributed by atoms with E-state index in [0.717, 1.165) is 0 Å². The molecule has 24 heavy (non-hydrogen) atoms. The summed E-state index contributed by atoms with van der Waals surface area (Å²) in [6, 6.07) is 15.6. The molecule has 0 bridgehead atoms. The second kappa shape index (κ2) is 8.01. The molecule has 0 fully saturated rings. The molecule has 1 N–H and O–H groups in total. The fraction of sp³-hybridized carbons (Fsp3) is 0.222. The maximum Gasteiger partial charge on any atom is 0.419 e. The Bertz CT molecular complexity index is 703. The SMILES string of the molecule is CCCN(C(=O)O)c1cccc(OC(=O)N(C)c2ccccc2)c1. The highest BCUT2D eigenvalue weighted by molar-refractivity contribution is 5.89. The second-order valence-corrected chi connectivity index (χ2v) is 5.19. The monoisotopic (exact) mass is 328 g/mol. The number of nitrogens with zero attached hydrogens (tertiary/aromatic N) is 2. The third-order valence-electron chi connectivity index (χ3n) is 3.43. The van der Waals surface area contributed by atoms with Crippen LogP contribution in [0.15, 0.2) is 54.6 Å². The molecule has 0 saturated carbocycles. The first-order valence-electron chi connectivity index (χ1n) is 7.64. The highest BCUT2D eigenvalue weighted by atomic mass is 16.6. The average molecular weight is 328 g/mol. The minimum atomic E-state index is -1.04. The van der Waals surface area contributed by atoms with Crippen LogP contribution in [0.5, 0.6) is 5.75 Å². The van der Waals surface area contributed by atoms with E-state index in [1.807, 2.05) is 25.1 Å². The fourth-order valence-corrected chi connectivity index (χ4v) is 2.20. The Kier molecular flexibility index (Phi) is 5.78. The minimum Gasteiger partial charge on any atom is -0.465 e. The van der Waals surface area contributed by atoms with Gasteiger partial charge in [-0.1, -0.05) is 31.2 Å². The van der Waals surface area contributed by atoms with E-state index in [1.165, 1.54) is 9.80 Å². The van der Waals surface area contributed by atoms with E-state index in [1.54, 1.807) is 43.4 Å².